The van der Waals surface area contributed by atoms with Crippen LogP contribution in [-0.2, 0) is 11.8 Å². The number of methoxy groups -OCH3 is 1. The Labute approximate surface area is 151 Å². The molecule has 0 bridgehead atoms. The van der Waals surface area contributed by atoms with Crippen molar-refractivity contribution in [3.63, 3.8) is 0 Å². The third-order valence-corrected chi connectivity index (χ3v) is 4.19. The molecule has 8 heteroatoms. The number of nitrogens with zero attached hydrogens (tertiary/aromatic N) is 4. The molecule has 1 atom stereocenters. The number of aromatic nitrogens is 4. The summed E-state index contributed by atoms with van der Waals surface area (Å²) >= 11 is 0. The molecule has 0 aliphatic carbocycles. The summed E-state index contributed by atoms with van der Waals surface area (Å²) in [7, 11) is 3.42. The van der Waals surface area contributed by atoms with Crippen molar-refractivity contribution < 1.29 is 9.53 Å². The fourth-order valence-electron chi connectivity index (χ4n) is 2.73. The first-order chi connectivity index (χ1) is 12.5. The summed E-state index contributed by atoms with van der Waals surface area (Å²) in [5.74, 6) is 0. The molecule has 0 aliphatic heterocycles. The summed E-state index contributed by atoms with van der Waals surface area (Å²) in [5.41, 5.74) is 4.81. The zero-order valence-corrected chi connectivity index (χ0v) is 15.3. The number of carbonyl (C=O) groups excluding carboxylic acids is 1. The van der Waals surface area contributed by atoms with Crippen molar-refractivity contribution >= 4 is 22.8 Å². The van der Waals surface area contributed by atoms with Gasteiger partial charge in [0.25, 0.3) is 0 Å². The van der Waals surface area contributed by atoms with Gasteiger partial charge in [-0.05, 0) is 38.1 Å². The first kappa shape index (κ1) is 17.8. The number of aryl methyl sites for hydroxylation is 3. The van der Waals surface area contributed by atoms with Crippen LogP contribution in [0.25, 0.3) is 11.0 Å². The fraction of sp³-hybridized carbons (Fsp3) is 0.333. The third-order valence-electron chi connectivity index (χ3n) is 4.19. The largest absolute Gasteiger partial charge is 0.382 e. The molecule has 0 fully saturated rings. The average molecular weight is 354 g/mol. The van der Waals surface area contributed by atoms with Gasteiger partial charge in [0.15, 0.2) is 0 Å². The molecule has 0 radical (unpaired) electrons. The van der Waals surface area contributed by atoms with E-state index >= 15 is 0 Å². The number of carbonyl (C=O) groups is 1. The molecule has 0 spiro atoms. The molecule has 0 aliphatic rings. The lowest BCUT2D eigenvalue weighted by molar-refractivity contribution is 0.165. The minimum atomic E-state index is -0.329. The van der Waals surface area contributed by atoms with E-state index < -0.39 is 0 Å². The monoisotopic (exact) mass is 354 g/mol. The van der Waals surface area contributed by atoms with E-state index in [1.807, 2.05) is 39.1 Å². The Balaban J connectivity index is 1.75. The lowest BCUT2D eigenvalue weighted by Gasteiger charge is -2.18. The smallest absolute Gasteiger partial charge is 0.319 e. The van der Waals surface area contributed by atoms with Crippen LogP contribution in [0.4, 0.5) is 10.5 Å². The average Bonchev–Trinajstić information content (AvgIpc) is 3.02. The lowest BCUT2D eigenvalue weighted by atomic mass is 10.2. The second-order valence-electron chi connectivity index (χ2n) is 6.08. The van der Waals surface area contributed by atoms with E-state index in [1.54, 1.807) is 24.1 Å². The van der Waals surface area contributed by atoms with Gasteiger partial charge in [0.2, 0.25) is 0 Å². The van der Waals surface area contributed by atoms with E-state index in [1.165, 1.54) is 0 Å². The van der Waals surface area contributed by atoms with Crippen molar-refractivity contribution in [3.8, 4) is 0 Å². The normalized spacial score (nSPS) is 12.2. The highest BCUT2D eigenvalue weighted by molar-refractivity contribution is 5.92. The fourth-order valence-corrected chi connectivity index (χ4v) is 2.73. The molecule has 0 saturated heterocycles. The topological polar surface area (TPSA) is 94.0 Å². The van der Waals surface area contributed by atoms with Gasteiger partial charge in [-0.25, -0.2) is 14.8 Å². The van der Waals surface area contributed by atoms with E-state index in [-0.39, 0.29) is 12.1 Å². The maximum Gasteiger partial charge on any atom is 0.319 e. The highest BCUT2D eigenvalue weighted by atomic mass is 16.5. The Bertz CT molecular complexity index is 937. The highest BCUT2D eigenvalue weighted by Gasteiger charge is 2.17. The van der Waals surface area contributed by atoms with Crippen molar-refractivity contribution in [1.82, 2.24) is 25.1 Å². The van der Waals surface area contributed by atoms with Gasteiger partial charge in [0.1, 0.15) is 0 Å². The zero-order chi connectivity index (χ0) is 18.7. The van der Waals surface area contributed by atoms with Crippen molar-refractivity contribution in [2.75, 3.05) is 19.0 Å². The maximum atomic E-state index is 12.4. The van der Waals surface area contributed by atoms with Crippen LogP contribution in [0.1, 0.15) is 23.1 Å². The summed E-state index contributed by atoms with van der Waals surface area (Å²) in [6, 6.07) is 6.67. The van der Waals surface area contributed by atoms with Crippen LogP contribution < -0.4 is 10.6 Å². The van der Waals surface area contributed by atoms with E-state index in [2.05, 4.69) is 25.7 Å². The van der Waals surface area contributed by atoms with Crippen molar-refractivity contribution in [2.45, 2.75) is 19.9 Å². The lowest BCUT2D eigenvalue weighted by Crippen LogP contribution is -2.35. The standard InChI is InChI=1S/C18H22N6O2/c1-11-12(2)21-15-9-13(5-6-14(15)20-11)22-18(25)23-16(10-26-4)17-7-8-19-24(17)3/h5-9,16H,10H2,1-4H3,(H2,22,23,25)/t16-/m0/s1. The number of urea groups is 1. The summed E-state index contributed by atoms with van der Waals surface area (Å²) in [5, 5.41) is 9.88. The number of fused-ring (bicyclic) bond motifs is 1. The highest BCUT2D eigenvalue weighted by Crippen LogP contribution is 2.18. The van der Waals surface area contributed by atoms with Crippen LogP contribution >= 0.6 is 0 Å². The van der Waals surface area contributed by atoms with Crippen LogP contribution in [0.15, 0.2) is 30.5 Å². The molecular formula is C18H22N6O2. The Morgan fingerprint density at radius 1 is 1.19 bits per heavy atom. The molecule has 3 aromatic rings. The van der Waals surface area contributed by atoms with Crippen LogP contribution in [0, 0.1) is 13.8 Å². The minimum absolute atomic E-state index is 0.308. The van der Waals surface area contributed by atoms with Crippen LogP contribution in [-0.4, -0.2) is 39.5 Å². The first-order valence-corrected chi connectivity index (χ1v) is 8.27. The second kappa shape index (κ2) is 7.49. The molecule has 2 heterocycles. The van der Waals surface area contributed by atoms with Gasteiger partial charge in [0.05, 0.1) is 40.8 Å². The summed E-state index contributed by atoms with van der Waals surface area (Å²) in [6.07, 6.45) is 1.68. The molecule has 2 amide bonds. The number of rotatable bonds is 5. The predicted octanol–water partition coefficient (Wildman–Crippen LogP) is 2.49. The minimum Gasteiger partial charge on any atom is -0.382 e. The molecule has 0 unspecified atom stereocenters. The zero-order valence-electron chi connectivity index (χ0n) is 15.3. The molecule has 1 aromatic carbocycles. The number of hydrogen-bond acceptors (Lipinski definition) is 5. The Kier molecular flexibility index (Phi) is 5.13. The van der Waals surface area contributed by atoms with Crippen LogP contribution in [0.2, 0.25) is 0 Å². The van der Waals surface area contributed by atoms with E-state index in [4.69, 9.17) is 4.74 Å². The van der Waals surface area contributed by atoms with Gasteiger partial charge in [-0.15, -0.1) is 0 Å². The van der Waals surface area contributed by atoms with Gasteiger partial charge >= 0.3 is 6.03 Å². The number of hydrogen-bond donors (Lipinski definition) is 2. The third kappa shape index (κ3) is 3.80. The van der Waals surface area contributed by atoms with Crippen molar-refractivity contribution in [2.24, 2.45) is 7.05 Å². The van der Waals surface area contributed by atoms with Crippen molar-refractivity contribution in [3.05, 3.63) is 47.5 Å². The number of benzene rings is 1. The molecule has 26 heavy (non-hydrogen) atoms. The summed E-state index contributed by atoms with van der Waals surface area (Å²) < 4.78 is 6.92. The van der Waals surface area contributed by atoms with Gasteiger partial charge in [0, 0.05) is 26.0 Å². The predicted molar refractivity (Wildman–Crippen MR) is 99.0 cm³/mol. The first-order valence-electron chi connectivity index (χ1n) is 8.27. The molecule has 0 saturated carbocycles. The van der Waals surface area contributed by atoms with Gasteiger partial charge in [-0.3, -0.25) is 4.68 Å². The number of nitrogens with one attached hydrogen (secondary N) is 2. The molecule has 2 aromatic heterocycles. The number of amides is 2. The Morgan fingerprint density at radius 3 is 2.58 bits per heavy atom. The molecule has 3 rings (SSSR count). The maximum absolute atomic E-state index is 12.4. The van der Waals surface area contributed by atoms with Gasteiger partial charge in [-0.2, -0.15) is 5.10 Å². The SMILES string of the molecule is COC[C@H](NC(=O)Nc1ccc2nc(C)c(C)nc2c1)c1ccnn1C. The summed E-state index contributed by atoms with van der Waals surface area (Å²) in [4.78, 5) is 21.4. The number of anilines is 1. The van der Waals surface area contributed by atoms with E-state index in [9.17, 15) is 4.79 Å². The Morgan fingerprint density at radius 2 is 1.92 bits per heavy atom. The van der Waals surface area contributed by atoms with Crippen LogP contribution in [0.5, 0.6) is 0 Å². The quantitative estimate of drug-likeness (QED) is 0.734. The molecule has 2 N–H and O–H groups in total. The summed E-state index contributed by atoms with van der Waals surface area (Å²) in [6.45, 7) is 4.18. The molecular weight excluding hydrogens is 332 g/mol. The van der Waals surface area contributed by atoms with E-state index in [0.717, 1.165) is 28.1 Å². The molecule has 136 valence electrons. The molecule has 8 nitrogen and oxygen atoms in total. The number of ether oxygens (including phenoxy) is 1. The van der Waals surface area contributed by atoms with E-state index in [0.29, 0.717) is 12.3 Å². The van der Waals surface area contributed by atoms with Gasteiger partial charge in [-0.1, -0.05) is 0 Å². The van der Waals surface area contributed by atoms with Gasteiger partial charge < -0.3 is 15.4 Å². The Hall–Kier alpha value is -3.00. The van der Waals surface area contributed by atoms with Crippen molar-refractivity contribution in [1.29, 1.82) is 0 Å². The second-order valence-corrected chi connectivity index (χ2v) is 6.08. The van der Waals surface area contributed by atoms with Crippen LogP contribution in [0.3, 0.4) is 0 Å².